The van der Waals surface area contributed by atoms with E-state index in [9.17, 15) is 14.0 Å². The molecule has 0 aliphatic carbocycles. The molecule has 1 aliphatic heterocycles. The number of nitrogens with one attached hydrogen (secondary N) is 1. The number of hydrogen-bond donors (Lipinski definition) is 1. The summed E-state index contributed by atoms with van der Waals surface area (Å²) in [6, 6.07) is 14.2. The van der Waals surface area contributed by atoms with Crippen LogP contribution >= 0.6 is 0 Å². The van der Waals surface area contributed by atoms with Crippen LogP contribution in [0.2, 0.25) is 0 Å². The second-order valence-corrected chi connectivity index (χ2v) is 8.44. The van der Waals surface area contributed by atoms with Crippen molar-refractivity contribution in [1.82, 2.24) is 19.9 Å². The number of carbonyl (C=O) groups is 1. The summed E-state index contributed by atoms with van der Waals surface area (Å²) >= 11 is 0. The van der Waals surface area contributed by atoms with Gasteiger partial charge >= 0.3 is 0 Å². The van der Waals surface area contributed by atoms with Crippen LogP contribution in [-0.4, -0.2) is 33.5 Å². The normalized spacial score (nSPS) is 14.4. The Kier molecular flexibility index (Phi) is 5.79. The first-order valence-corrected chi connectivity index (χ1v) is 11.3. The van der Waals surface area contributed by atoms with Crippen molar-refractivity contribution in [3.05, 3.63) is 94.3 Å². The van der Waals surface area contributed by atoms with E-state index in [1.807, 2.05) is 19.1 Å². The number of hydrogen-bond acceptors (Lipinski definition) is 5. The monoisotopic (exact) mass is 457 g/mol. The van der Waals surface area contributed by atoms with Crippen molar-refractivity contribution in [2.45, 2.75) is 25.8 Å². The molecule has 1 fully saturated rings. The molecule has 0 spiro atoms. The molecule has 4 aromatic rings. The highest BCUT2D eigenvalue weighted by Crippen LogP contribution is 2.24. The lowest BCUT2D eigenvalue weighted by molar-refractivity contribution is 0.0940. The molecule has 2 aromatic carbocycles. The molecule has 2 aromatic heterocycles. The molecule has 0 saturated carbocycles. The molecule has 34 heavy (non-hydrogen) atoms. The zero-order chi connectivity index (χ0) is 23.7. The fraction of sp³-hybridized carbons (Fsp3) is 0.231. The largest absolute Gasteiger partial charge is 0.345 e. The lowest BCUT2D eigenvalue weighted by Crippen LogP contribution is -2.30. The van der Waals surface area contributed by atoms with Gasteiger partial charge in [0.15, 0.2) is 0 Å². The van der Waals surface area contributed by atoms with Gasteiger partial charge in [-0.1, -0.05) is 6.07 Å². The molecule has 0 radical (unpaired) electrons. The molecule has 3 heterocycles. The van der Waals surface area contributed by atoms with Crippen molar-refractivity contribution >= 4 is 22.8 Å². The summed E-state index contributed by atoms with van der Waals surface area (Å²) in [7, 11) is 0. The molecule has 5 rings (SSSR count). The molecule has 0 bridgehead atoms. The van der Waals surface area contributed by atoms with Crippen molar-refractivity contribution in [3.8, 4) is 5.69 Å². The van der Waals surface area contributed by atoms with E-state index < -0.39 is 0 Å². The zero-order valence-electron chi connectivity index (χ0n) is 18.7. The molecule has 1 saturated heterocycles. The first-order valence-electron chi connectivity index (χ1n) is 11.3. The summed E-state index contributed by atoms with van der Waals surface area (Å²) in [5.41, 5.74) is 2.06. The minimum atomic E-state index is -0.371. The second-order valence-electron chi connectivity index (χ2n) is 8.44. The van der Waals surface area contributed by atoms with Gasteiger partial charge in [0.25, 0.3) is 11.5 Å². The Morgan fingerprint density at radius 3 is 2.56 bits per heavy atom. The van der Waals surface area contributed by atoms with Gasteiger partial charge in [-0.2, -0.15) is 0 Å². The number of anilines is 1. The van der Waals surface area contributed by atoms with Gasteiger partial charge in [-0.15, -0.1) is 0 Å². The van der Waals surface area contributed by atoms with Gasteiger partial charge < -0.3 is 10.2 Å². The van der Waals surface area contributed by atoms with Gasteiger partial charge in [-0.25, -0.2) is 13.9 Å². The number of aromatic nitrogens is 3. The molecule has 8 heteroatoms. The molecule has 1 N–H and O–H groups in total. The smallest absolute Gasteiger partial charge is 0.267 e. The van der Waals surface area contributed by atoms with Crippen LogP contribution in [0.15, 0.2) is 71.8 Å². The first kappa shape index (κ1) is 21.8. The van der Waals surface area contributed by atoms with Crippen LogP contribution in [0.25, 0.3) is 16.6 Å². The lowest BCUT2D eigenvalue weighted by atomic mass is 10.1. The first-order chi connectivity index (χ1) is 16.5. The maximum atomic E-state index is 13.5. The number of pyridine rings is 1. The van der Waals surface area contributed by atoms with E-state index in [2.05, 4.69) is 15.2 Å². The van der Waals surface area contributed by atoms with E-state index in [0.29, 0.717) is 28.1 Å². The minimum Gasteiger partial charge on any atom is -0.345 e. The Hall–Kier alpha value is -4.07. The van der Waals surface area contributed by atoms with Crippen LogP contribution in [0.3, 0.4) is 0 Å². The van der Waals surface area contributed by atoms with E-state index in [1.165, 1.54) is 16.7 Å². The highest BCUT2D eigenvalue weighted by molar-refractivity contribution is 5.98. The fourth-order valence-corrected chi connectivity index (χ4v) is 4.26. The number of carbonyl (C=O) groups excluding carboxylic acids is 1. The maximum absolute atomic E-state index is 13.5. The third-order valence-electron chi connectivity index (χ3n) is 6.12. The van der Waals surface area contributed by atoms with Gasteiger partial charge in [0.2, 0.25) is 5.95 Å². The Morgan fingerprint density at radius 2 is 1.85 bits per heavy atom. The molecule has 1 atom stereocenters. The predicted molar refractivity (Wildman–Crippen MR) is 129 cm³/mol. The summed E-state index contributed by atoms with van der Waals surface area (Å²) in [5, 5.41) is 3.36. The van der Waals surface area contributed by atoms with Crippen molar-refractivity contribution in [3.63, 3.8) is 0 Å². The average molecular weight is 458 g/mol. The summed E-state index contributed by atoms with van der Waals surface area (Å²) in [6.45, 7) is 3.45. The van der Waals surface area contributed by atoms with E-state index in [4.69, 9.17) is 4.98 Å². The van der Waals surface area contributed by atoms with Crippen molar-refractivity contribution < 1.29 is 9.18 Å². The zero-order valence-corrected chi connectivity index (χ0v) is 18.7. The maximum Gasteiger partial charge on any atom is 0.267 e. The number of nitrogens with zero attached hydrogens (tertiary/aromatic N) is 4. The molecular weight excluding hydrogens is 433 g/mol. The van der Waals surface area contributed by atoms with E-state index >= 15 is 0 Å². The van der Waals surface area contributed by atoms with Gasteiger partial charge in [-0.05, 0) is 73.9 Å². The number of amides is 1. The van der Waals surface area contributed by atoms with Gasteiger partial charge in [0.05, 0.1) is 22.6 Å². The minimum absolute atomic E-state index is 0.225. The molecule has 1 amide bonds. The topological polar surface area (TPSA) is 80.1 Å². The van der Waals surface area contributed by atoms with Crippen molar-refractivity contribution in [2.75, 3.05) is 18.0 Å². The summed E-state index contributed by atoms with van der Waals surface area (Å²) in [4.78, 5) is 37.4. The second kappa shape index (κ2) is 9.05. The van der Waals surface area contributed by atoms with E-state index in [1.54, 1.807) is 42.7 Å². The highest BCUT2D eigenvalue weighted by atomic mass is 19.1. The van der Waals surface area contributed by atoms with Crippen LogP contribution in [0, 0.1) is 5.82 Å². The number of benzene rings is 2. The van der Waals surface area contributed by atoms with Crippen LogP contribution < -0.4 is 15.8 Å². The highest BCUT2D eigenvalue weighted by Gasteiger charge is 2.22. The van der Waals surface area contributed by atoms with Gasteiger partial charge in [0.1, 0.15) is 5.82 Å². The lowest BCUT2D eigenvalue weighted by Gasteiger charge is -2.22. The SMILES string of the molecule is C[C@H](NC(=O)c1ccc2c(=O)n(-c3ccc(F)cc3)c(N3CCCC3)nc2c1)c1cccnc1. The number of halogens is 1. The van der Waals surface area contributed by atoms with Gasteiger partial charge in [-0.3, -0.25) is 14.6 Å². The molecule has 0 unspecified atom stereocenters. The van der Waals surface area contributed by atoms with Crippen molar-refractivity contribution in [1.29, 1.82) is 0 Å². The predicted octanol–water partition coefficient (Wildman–Crippen LogP) is 4.01. The summed E-state index contributed by atoms with van der Waals surface area (Å²) in [6.07, 6.45) is 5.41. The summed E-state index contributed by atoms with van der Waals surface area (Å²) < 4.78 is 15.0. The third kappa shape index (κ3) is 4.14. The average Bonchev–Trinajstić information content (AvgIpc) is 3.40. The Morgan fingerprint density at radius 1 is 1.09 bits per heavy atom. The van der Waals surface area contributed by atoms with E-state index in [0.717, 1.165) is 31.5 Å². The standard InChI is InChI=1S/C26H24FN5O2/c1-17(19-5-4-12-28-16-19)29-24(33)18-6-11-22-23(15-18)30-26(31-13-2-3-14-31)32(25(22)34)21-9-7-20(27)8-10-21/h4-12,15-17H,2-3,13-14H2,1H3,(H,29,33)/t17-/m0/s1. The van der Waals surface area contributed by atoms with E-state index in [-0.39, 0.29) is 23.3 Å². The van der Waals surface area contributed by atoms with Crippen LogP contribution in [0.5, 0.6) is 0 Å². The molecular formula is C26H24FN5O2. The van der Waals surface area contributed by atoms with Crippen molar-refractivity contribution in [2.24, 2.45) is 0 Å². The Bertz CT molecular complexity index is 1400. The fourth-order valence-electron chi connectivity index (χ4n) is 4.26. The van der Waals surface area contributed by atoms with Crippen LogP contribution in [0.4, 0.5) is 10.3 Å². The Balaban J connectivity index is 1.56. The molecule has 1 aliphatic rings. The van der Waals surface area contributed by atoms with Crippen LogP contribution in [-0.2, 0) is 0 Å². The Labute approximate surface area is 195 Å². The quantitative estimate of drug-likeness (QED) is 0.490. The van der Waals surface area contributed by atoms with Crippen LogP contribution in [0.1, 0.15) is 41.7 Å². The molecule has 7 nitrogen and oxygen atoms in total. The summed E-state index contributed by atoms with van der Waals surface area (Å²) in [5.74, 6) is -0.127. The number of rotatable bonds is 5. The number of fused-ring (bicyclic) bond motifs is 1. The van der Waals surface area contributed by atoms with Gasteiger partial charge in [0, 0.05) is 31.0 Å². The molecule has 172 valence electrons. The third-order valence-corrected chi connectivity index (χ3v) is 6.12.